The fourth-order valence-corrected chi connectivity index (χ4v) is 10.8. The number of hydrogen-bond acceptors (Lipinski definition) is 5. The summed E-state index contributed by atoms with van der Waals surface area (Å²) in [5, 5.41) is 7.63. The first-order valence-corrected chi connectivity index (χ1v) is 20.6. The summed E-state index contributed by atoms with van der Waals surface area (Å²) in [5.74, 6) is 1.99. The molecule has 6 heteroatoms. The molecule has 0 saturated heterocycles. The van der Waals surface area contributed by atoms with Crippen molar-refractivity contribution >= 4 is 84.8 Å². The SMILES string of the molecule is c1ccc(-c2nc(-c3ccccc3)nc(-c3ccc4c(c3)sc3c(-c5ccc6c(c5)sc5ccc(-n7c8ccccc8c8ccccc87)cc56)cccc34)n2)cc1. The first kappa shape index (κ1) is 32.3. The lowest BCUT2D eigenvalue weighted by atomic mass is 10.0. The van der Waals surface area contributed by atoms with E-state index in [1.54, 1.807) is 0 Å². The van der Waals surface area contributed by atoms with Gasteiger partial charge in [0.1, 0.15) is 0 Å². The number of thiophene rings is 2. The lowest BCUT2D eigenvalue weighted by Gasteiger charge is -2.08. The van der Waals surface area contributed by atoms with Gasteiger partial charge in [-0.15, -0.1) is 22.7 Å². The summed E-state index contributed by atoms with van der Waals surface area (Å²) in [6.07, 6.45) is 0. The molecule has 0 bridgehead atoms. The predicted octanol–water partition coefficient (Wildman–Crippen LogP) is 14.4. The van der Waals surface area contributed by atoms with Gasteiger partial charge in [-0.2, -0.15) is 0 Å². The minimum absolute atomic E-state index is 0.665. The predicted molar refractivity (Wildman–Crippen MR) is 242 cm³/mol. The van der Waals surface area contributed by atoms with Crippen molar-refractivity contribution in [3.05, 3.63) is 182 Å². The Hall–Kier alpha value is -6.99. The first-order chi connectivity index (χ1) is 28.2. The zero-order valence-corrected chi connectivity index (χ0v) is 32.1. The topological polar surface area (TPSA) is 43.6 Å². The molecular formula is C51H30N4S2. The minimum Gasteiger partial charge on any atom is -0.309 e. The van der Waals surface area contributed by atoms with Gasteiger partial charge in [-0.1, -0.05) is 140 Å². The van der Waals surface area contributed by atoms with Crippen LogP contribution in [0, 0.1) is 0 Å². The third-order valence-electron chi connectivity index (χ3n) is 11.1. The van der Waals surface area contributed by atoms with Crippen LogP contribution in [-0.4, -0.2) is 19.5 Å². The molecular weight excluding hydrogens is 733 g/mol. The zero-order chi connectivity index (χ0) is 37.5. The molecule has 266 valence electrons. The molecule has 0 saturated carbocycles. The number of para-hydroxylation sites is 2. The Kier molecular flexibility index (Phi) is 7.24. The van der Waals surface area contributed by atoms with Crippen LogP contribution < -0.4 is 0 Å². The van der Waals surface area contributed by atoms with Crippen LogP contribution in [0.15, 0.2) is 182 Å². The molecule has 12 rings (SSSR count). The van der Waals surface area contributed by atoms with Crippen LogP contribution in [0.1, 0.15) is 0 Å². The molecule has 0 atom stereocenters. The maximum Gasteiger partial charge on any atom is 0.164 e. The average molecular weight is 763 g/mol. The summed E-state index contributed by atoms with van der Waals surface area (Å²) in [7, 11) is 0. The van der Waals surface area contributed by atoms with Crippen LogP contribution in [-0.2, 0) is 0 Å². The average Bonchev–Trinajstić information content (AvgIpc) is 3.95. The molecule has 0 fully saturated rings. The number of rotatable bonds is 5. The van der Waals surface area contributed by atoms with Gasteiger partial charge in [-0.05, 0) is 53.6 Å². The third-order valence-corrected chi connectivity index (χ3v) is 13.4. The van der Waals surface area contributed by atoms with Crippen LogP contribution in [0.25, 0.3) is 113 Å². The number of aromatic nitrogens is 4. The highest BCUT2D eigenvalue weighted by Gasteiger charge is 2.17. The normalized spacial score (nSPS) is 11.9. The number of benzene rings is 8. The molecule has 0 aliphatic carbocycles. The summed E-state index contributed by atoms with van der Waals surface area (Å²) in [6, 6.07) is 64.9. The highest BCUT2D eigenvalue weighted by atomic mass is 32.1. The highest BCUT2D eigenvalue weighted by Crippen LogP contribution is 2.44. The Morgan fingerprint density at radius 3 is 1.56 bits per heavy atom. The molecule has 0 N–H and O–H groups in total. The van der Waals surface area contributed by atoms with E-state index in [1.807, 2.05) is 83.3 Å². The van der Waals surface area contributed by atoms with E-state index in [4.69, 9.17) is 15.0 Å². The molecule has 0 spiro atoms. The Labute approximate surface area is 335 Å². The molecule has 57 heavy (non-hydrogen) atoms. The molecule has 12 aromatic rings. The van der Waals surface area contributed by atoms with Gasteiger partial charge in [-0.3, -0.25) is 0 Å². The van der Waals surface area contributed by atoms with Gasteiger partial charge < -0.3 is 4.57 Å². The molecule has 4 nitrogen and oxygen atoms in total. The van der Waals surface area contributed by atoms with Gasteiger partial charge in [0.25, 0.3) is 0 Å². The Morgan fingerprint density at radius 2 is 0.877 bits per heavy atom. The molecule has 0 aliphatic rings. The van der Waals surface area contributed by atoms with Gasteiger partial charge in [0.2, 0.25) is 0 Å². The Bertz CT molecular complexity index is 3410. The fourth-order valence-electron chi connectivity index (χ4n) is 8.37. The van der Waals surface area contributed by atoms with Crippen molar-refractivity contribution in [2.24, 2.45) is 0 Å². The standard InChI is InChI=1S/C51H30N4S2/c1-3-12-31(13-4-1)49-52-50(32-14-5-2-6-15-32)54-51(53-49)34-23-26-39-41-19-11-18-36(48(41)57-47(39)29-34)33-22-25-40-42-30-35(24-27-45(42)56-46(40)28-33)55-43-20-9-7-16-37(43)38-17-8-10-21-44(38)55/h1-30H. The van der Waals surface area contributed by atoms with Gasteiger partial charge in [-0.25, -0.2) is 15.0 Å². The summed E-state index contributed by atoms with van der Waals surface area (Å²) < 4.78 is 7.48. The van der Waals surface area contributed by atoms with Crippen molar-refractivity contribution < 1.29 is 0 Å². The second-order valence-corrected chi connectivity index (χ2v) is 16.5. The van der Waals surface area contributed by atoms with Crippen LogP contribution in [0.4, 0.5) is 0 Å². The maximum absolute atomic E-state index is 5.00. The van der Waals surface area contributed by atoms with Crippen molar-refractivity contribution in [1.29, 1.82) is 0 Å². The van der Waals surface area contributed by atoms with Gasteiger partial charge in [0.05, 0.1) is 11.0 Å². The monoisotopic (exact) mass is 762 g/mol. The Morgan fingerprint density at radius 1 is 0.333 bits per heavy atom. The summed E-state index contributed by atoms with van der Waals surface area (Å²) in [6.45, 7) is 0. The Balaban J connectivity index is 0.957. The zero-order valence-electron chi connectivity index (χ0n) is 30.4. The number of nitrogens with zero attached hydrogens (tertiary/aromatic N) is 4. The van der Waals surface area contributed by atoms with E-state index >= 15 is 0 Å². The highest BCUT2D eigenvalue weighted by molar-refractivity contribution is 7.26. The van der Waals surface area contributed by atoms with Crippen LogP contribution in [0.3, 0.4) is 0 Å². The second-order valence-electron chi connectivity index (χ2n) is 14.4. The lowest BCUT2D eigenvalue weighted by Crippen LogP contribution is -1.99. The van der Waals surface area contributed by atoms with Crippen LogP contribution in [0.5, 0.6) is 0 Å². The smallest absolute Gasteiger partial charge is 0.164 e. The third kappa shape index (κ3) is 5.22. The largest absolute Gasteiger partial charge is 0.309 e. The summed E-state index contributed by atoms with van der Waals surface area (Å²) in [4.78, 5) is 14.9. The molecule has 0 radical (unpaired) electrons. The molecule has 4 heterocycles. The van der Waals surface area contributed by atoms with E-state index in [-0.39, 0.29) is 0 Å². The number of fused-ring (bicyclic) bond motifs is 9. The fraction of sp³-hybridized carbons (Fsp3) is 0. The molecule has 8 aromatic carbocycles. The van der Waals surface area contributed by atoms with Crippen molar-refractivity contribution in [3.63, 3.8) is 0 Å². The molecule has 0 unspecified atom stereocenters. The lowest BCUT2D eigenvalue weighted by molar-refractivity contribution is 1.07. The summed E-state index contributed by atoms with van der Waals surface area (Å²) >= 11 is 3.70. The van der Waals surface area contributed by atoms with E-state index < -0.39 is 0 Å². The van der Waals surface area contributed by atoms with E-state index in [0.717, 1.165) is 16.7 Å². The van der Waals surface area contributed by atoms with E-state index in [0.29, 0.717) is 17.5 Å². The van der Waals surface area contributed by atoms with Crippen molar-refractivity contribution in [2.45, 2.75) is 0 Å². The van der Waals surface area contributed by atoms with E-state index in [9.17, 15) is 0 Å². The van der Waals surface area contributed by atoms with Gasteiger partial charge in [0, 0.05) is 73.5 Å². The van der Waals surface area contributed by atoms with Gasteiger partial charge in [0.15, 0.2) is 17.5 Å². The number of hydrogen-bond donors (Lipinski definition) is 0. The molecule has 0 amide bonds. The maximum atomic E-state index is 5.00. The molecule has 0 aliphatic heterocycles. The van der Waals surface area contributed by atoms with Crippen LogP contribution in [0.2, 0.25) is 0 Å². The van der Waals surface area contributed by atoms with Crippen molar-refractivity contribution in [3.8, 4) is 51.0 Å². The van der Waals surface area contributed by atoms with E-state index in [2.05, 4.69) is 126 Å². The minimum atomic E-state index is 0.665. The first-order valence-electron chi connectivity index (χ1n) is 19.0. The second kappa shape index (κ2) is 12.8. The van der Waals surface area contributed by atoms with Crippen molar-refractivity contribution in [2.75, 3.05) is 0 Å². The van der Waals surface area contributed by atoms with Crippen molar-refractivity contribution in [1.82, 2.24) is 19.5 Å². The van der Waals surface area contributed by atoms with Crippen LogP contribution >= 0.6 is 22.7 Å². The van der Waals surface area contributed by atoms with E-state index in [1.165, 1.54) is 79.0 Å². The molecule has 4 aromatic heterocycles. The van der Waals surface area contributed by atoms with Gasteiger partial charge >= 0.3 is 0 Å². The quantitative estimate of drug-likeness (QED) is 0.175. The summed E-state index contributed by atoms with van der Waals surface area (Å²) in [5.41, 5.74) is 9.01.